The summed E-state index contributed by atoms with van der Waals surface area (Å²) in [5, 5.41) is 8.25. The van der Waals surface area contributed by atoms with Crippen LogP contribution in [0.3, 0.4) is 0 Å². The van der Waals surface area contributed by atoms with E-state index in [-0.39, 0.29) is 0 Å². The van der Waals surface area contributed by atoms with Crippen LogP contribution >= 0.6 is 15.9 Å². The van der Waals surface area contributed by atoms with E-state index in [9.17, 15) is 0 Å². The normalized spacial score (nSPS) is 7.30. The number of rotatable bonds is 0. The molecular weight excluding hydrogens is 196 g/mol. The van der Waals surface area contributed by atoms with E-state index in [4.69, 9.17) is 9.90 Å². The van der Waals surface area contributed by atoms with Gasteiger partial charge in [0.05, 0.1) is 0 Å². The third-order valence-corrected chi connectivity index (χ3v) is 1.26. The van der Waals surface area contributed by atoms with E-state index in [1.165, 1.54) is 0 Å². The monoisotopic (exact) mass is 201 g/mol. The zero-order valence-electron chi connectivity index (χ0n) is 5.16. The van der Waals surface area contributed by atoms with E-state index in [2.05, 4.69) is 15.9 Å². The van der Waals surface area contributed by atoms with Crippen LogP contribution < -0.4 is 0 Å². The average molecular weight is 202 g/mol. The molecule has 0 atom stereocenters. The SMILES string of the molecule is Brc1ccccc1.[O]C=O. The van der Waals surface area contributed by atoms with Gasteiger partial charge in [0.15, 0.2) is 0 Å². The van der Waals surface area contributed by atoms with Gasteiger partial charge < -0.3 is 0 Å². The largest absolute Gasteiger partial charge is 0.344 e. The molecule has 0 heterocycles. The average Bonchev–Trinajstić information content (AvgIpc) is 1.91. The minimum absolute atomic E-state index is 0.500. The Kier molecular flexibility index (Phi) is 5.77. The molecule has 1 aromatic carbocycles. The Morgan fingerprint density at radius 1 is 1.20 bits per heavy atom. The van der Waals surface area contributed by atoms with E-state index in [1.807, 2.05) is 30.3 Å². The second-order valence-electron chi connectivity index (χ2n) is 1.39. The molecule has 0 bridgehead atoms. The van der Waals surface area contributed by atoms with Crippen LogP contribution in [0.25, 0.3) is 0 Å². The van der Waals surface area contributed by atoms with Crippen LogP contribution in [0.5, 0.6) is 0 Å². The number of halogens is 1. The van der Waals surface area contributed by atoms with E-state index >= 15 is 0 Å². The van der Waals surface area contributed by atoms with E-state index < -0.39 is 6.47 Å². The molecule has 0 amide bonds. The molecule has 0 fully saturated rings. The Hall–Kier alpha value is -0.830. The Balaban J connectivity index is 0.000000236. The first kappa shape index (κ1) is 9.17. The quantitative estimate of drug-likeness (QED) is 0.593. The lowest BCUT2D eigenvalue weighted by Crippen LogP contribution is -1.55. The fraction of sp³-hybridized carbons (Fsp3) is 0. The highest BCUT2D eigenvalue weighted by molar-refractivity contribution is 9.10. The molecule has 1 radical (unpaired) electrons. The third-order valence-electron chi connectivity index (χ3n) is 0.733. The molecule has 0 N–H and O–H groups in total. The van der Waals surface area contributed by atoms with Crippen molar-refractivity contribution in [2.24, 2.45) is 0 Å². The van der Waals surface area contributed by atoms with Crippen molar-refractivity contribution in [2.45, 2.75) is 0 Å². The molecule has 0 aliphatic rings. The number of hydrogen-bond donors (Lipinski definition) is 0. The Bertz CT molecular complexity index is 174. The predicted octanol–water partition coefficient (Wildman–Crippen LogP) is 2.02. The maximum atomic E-state index is 8.25. The second-order valence-corrected chi connectivity index (χ2v) is 2.31. The lowest BCUT2D eigenvalue weighted by molar-refractivity contribution is -0.128. The maximum Gasteiger partial charge on any atom is 0.344 e. The van der Waals surface area contributed by atoms with Crippen LogP contribution in [0.1, 0.15) is 0 Å². The van der Waals surface area contributed by atoms with E-state index in [0.29, 0.717) is 0 Å². The van der Waals surface area contributed by atoms with Crippen LogP contribution in [0, 0.1) is 0 Å². The first-order valence-corrected chi connectivity index (χ1v) is 3.36. The minimum atomic E-state index is -0.500. The highest BCUT2D eigenvalue weighted by Gasteiger charge is 1.74. The van der Waals surface area contributed by atoms with Crippen molar-refractivity contribution >= 4 is 22.4 Å². The first-order valence-electron chi connectivity index (χ1n) is 2.57. The number of hydrogen-bond acceptors (Lipinski definition) is 1. The van der Waals surface area contributed by atoms with Crippen LogP contribution in [0.4, 0.5) is 0 Å². The molecule has 0 aromatic heterocycles. The fourth-order valence-corrected chi connectivity index (χ4v) is 0.720. The van der Waals surface area contributed by atoms with Crippen molar-refractivity contribution in [2.75, 3.05) is 0 Å². The molecule has 2 nitrogen and oxygen atoms in total. The summed E-state index contributed by atoms with van der Waals surface area (Å²) in [4.78, 5) is 8.25. The third kappa shape index (κ3) is 5.31. The Morgan fingerprint density at radius 3 is 1.80 bits per heavy atom. The summed E-state index contributed by atoms with van der Waals surface area (Å²) in [7, 11) is 0. The molecule has 10 heavy (non-hydrogen) atoms. The predicted molar refractivity (Wildman–Crippen MR) is 40.9 cm³/mol. The topological polar surface area (TPSA) is 37.0 Å². The lowest BCUT2D eigenvalue weighted by atomic mass is 10.4. The molecule has 1 aromatic rings. The first-order chi connectivity index (χ1) is 4.81. The van der Waals surface area contributed by atoms with Gasteiger partial charge in [0.1, 0.15) is 0 Å². The summed E-state index contributed by atoms with van der Waals surface area (Å²) < 4.78 is 1.13. The molecule has 0 saturated carbocycles. The van der Waals surface area contributed by atoms with Gasteiger partial charge in [0.2, 0.25) is 0 Å². The summed E-state index contributed by atoms with van der Waals surface area (Å²) in [6.45, 7) is -0.500. The molecule has 0 aliphatic carbocycles. The smallest absolute Gasteiger partial charge is 0.251 e. The summed E-state index contributed by atoms with van der Waals surface area (Å²) in [6, 6.07) is 9.97. The van der Waals surface area contributed by atoms with Crippen LogP contribution in [0.15, 0.2) is 34.8 Å². The van der Waals surface area contributed by atoms with Crippen molar-refractivity contribution in [3.05, 3.63) is 34.8 Å². The van der Waals surface area contributed by atoms with Gasteiger partial charge in [-0.1, -0.05) is 34.1 Å². The van der Waals surface area contributed by atoms with Crippen molar-refractivity contribution in [1.82, 2.24) is 0 Å². The van der Waals surface area contributed by atoms with Crippen LogP contribution in [-0.2, 0) is 9.90 Å². The molecule has 53 valence electrons. The van der Waals surface area contributed by atoms with Crippen molar-refractivity contribution < 1.29 is 9.90 Å². The van der Waals surface area contributed by atoms with Crippen molar-refractivity contribution in [3.63, 3.8) is 0 Å². The number of benzene rings is 1. The Labute approximate surface area is 67.6 Å². The van der Waals surface area contributed by atoms with Gasteiger partial charge in [-0.15, -0.1) is 0 Å². The molecule has 0 spiro atoms. The molecule has 0 saturated heterocycles. The zero-order valence-corrected chi connectivity index (χ0v) is 6.74. The lowest BCUT2D eigenvalue weighted by Gasteiger charge is -1.80. The molecule has 0 unspecified atom stereocenters. The van der Waals surface area contributed by atoms with Gasteiger partial charge in [0.25, 0.3) is 0 Å². The molecule has 3 heteroatoms. The van der Waals surface area contributed by atoms with Gasteiger partial charge in [-0.05, 0) is 12.1 Å². The minimum Gasteiger partial charge on any atom is -0.251 e. The van der Waals surface area contributed by atoms with Gasteiger partial charge in [-0.2, -0.15) is 0 Å². The van der Waals surface area contributed by atoms with Crippen molar-refractivity contribution in [1.29, 1.82) is 0 Å². The summed E-state index contributed by atoms with van der Waals surface area (Å²) in [5.41, 5.74) is 0. The van der Waals surface area contributed by atoms with E-state index in [1.54, 1.807) is 0 Å². The Morgan fingerprint density at radius 2 is 1.60 bits per heavy atom. The van der Waals surface area contributed by atoms with Crippen LogP contribution in [-0.4, -0.2) is 6.47 Å². The van der Waals surface area contributed by atoms with Gasteiger partial charge >= 0.3 is 6.47 Å². The number of carbonyl (C=O) groups excluding carboxylic acids is 1. The molecule has 0 aliphatic heterocycles. The zero-order chi connectivity index (χ0) is 7.82. The fourth-order valence-electron chi connectivity index (χ4n) is 0.415. The van der Waals surface area contributed by atoms with Gasteiger partial charge in [-0.3, -0.25) is 9.90 Å². The van der Waals surface area contributed by atoms with Crippen molar-refractivity contribution in [3.8, 4) is 0 Å². The van der Waals surface area contributed by atoms with Gasteiger partial charge in [0, 0.05) is 4.47 Å². The van der Waals surface area contributed by atoms with Crippen LogP contribution in [0.2, 0.25) is 0 Å². The molecule has 1 rings (SSSR count). The molecular formula is C7H6BrO2. The standard InChI is InChI=1S/C6H5Br.CHO2/c7-6-4-2-1-3-5-6;2-1-3/h1-5H;1H. The summed E-state index contributed by atoms with van der Waals surface area (Å²) in [5.74, 6) is 0. The second kappa shape index (κ2) is 6.29. The number of carbonyl (C=O) groups is 1. The maximum absolute atomic E-state index is 8.25. The highest BCUT2D eigenvalue weighted by Crippen LogP contribution is 2.05. The van der Waals surface area contributed by atoms with Gasteiger partial charge in [-0.25, -0.2) is 0 Å². The summed E-state index contributed by atoms with van der Waals surface area (Å²) >= 11 is 3.31. The van der Waals surface area contributed by atoms with E-state index in [0.717, 1.165) is 4.47 Å². The highest BCUT2D eigenvalue weighted by atomic mass is 79.9. The summed E-state index contributed by atoms with van der Waals surface area (Å²) in [6.07, 6.45) is 0.